The number of aryl methyl sites for hydroxylation is 1. The fourth-order valence-corrected chi connectivity index (χ4v) is 3.72. The highest BCUT2D eigenvalue weighted by Gasteiger charge is 2.20. The summed E-state index contributed by atoms with van der Waals surface area (Å²) in [5.74, 6) is 1.31. The first-order chi connectivity index (χ1) is 13.1. The van der Waals surface area contributed by atoms with Gasteiger partial charge in [-0.25, -0.2) is 4.98 Å². The normalized spacial score (nSPS) is 15.1. The number of anilines is 3. The number of hydrogen-bond acceptors (Lipinski definition) is 6. The van der Waals surface area contributed by atoms with E-state index in [-0.39, 0.29) is 0 Å². The van der Waals surface area contributed by atoms with Crippen LogP contribution in [0.5, 0.6) is 0 Å². The van der Waals surface area contributed by atoms with E-state index in [1.807, 2.05) is 13.0 Å². The van der Waals surface area contributed by atoms with Crippen LogP contribution >= 0.6 is 0 Å². The van der Waals surface area contributed by atoms with Crippen LogP contribution in [-0.4, -0.2) is 42.2 Å². The van der Waals surface area contributed by atoms with Crippen LogP contribution in [0.25, 0.3) is 0 Å². The van der Waals surface area contributed by atoms with Gasteiger partial charge in [0.25, 0.3) is 0 Å². The molecule has 2 aromatic rings. The van der Waals surface area contributed by atoms with Crippen molar-refractivity contribution in [2.24, 2.45) is 0 Å². The van der Waals surface area contributed by atoms with Gasteiger partial charge < -0.3 is 20.9 Å². The number of benzene rings is 1. The van der Waals surface area contributed by atoms with E-state index >= 15 is 0 Å². The molecule has 0 saturated carbocycles. The predicted octanol–water partition coefficient (Wildman–Crippen LogP) is 2.97. The zero-order valence-electron chi connectivity index (χ0n) is 16.8. The van der Waals surface area contributed by atoms with Crippen LogP contribution in [0.2, 0.25) is 0 Å². The molecule has 0 bridgehead atoms. The molecule has 3 N–H and O–H groups in total. The van der Waals surface area contributed by atoms with Gasteiger partial charge in [0.1, 0.15) is 5.82 Å². The molecule has 6 nitrogen and oxygen atoms in total. The number of rotatable bonds is 7. The summed E-state index contributed by atoms with van der Waals surface area (Å²) in [7, 11) is 0. The number of piperidine rings is 1. The van der Waals surface area contributed by atoms with Gasteiger partial charge in [-0.15, -0.1) is 0 Å². The van der Waals surface area contributed by atoms with E-state index in [0.29, 0.717) is 12.0 Å². The summed E-state index contributed by atoms with van der Waals surface area (Å²) in [5.41, 5.74) is 9.35. The number of aromatic nitrogens is 2. The summed E-state index contributed by atoms with van der Waals surface area (Å²) < 4.78 is 0. The second-order valence-corrected chi connectivity index (χ2v) is 7.21. The summed E-state index contributed by atoms with van der Waals surface area (Å²) >= 11 is 0. The fraction of sp³-hybridized carbons (Fsp3) is 0.524. The second-order valence-electron chi connectivity index (χ2n) is 7.21. The third-order valence-electron chi connectivity index (χ3n) is 5.34. The third-order valence-corrected chi connectivity index (χ3v) is 5.34. The van der Waals surface area contributed by atoms with E-state index in [0.717, 1.165) is 57.1 Å². The van der Waals surface area contributed by atoms with E-state index in [4.69, 9.17) is 5.73 Å². The van der Waals surface area contributed by atoms with Gasteiger partial charge >= 0.3 is 0 Å². The minimum atomic E-state index is 0.360. The summed E-state index contributed by atoms with van der Waals surface area (Å²) in [6, 6.07) is 11.5. The summed E-state index contributed by atoms with van der Waals surface area (Å²) in [5, 5.41) is 3.71. The molecule has 0 amide bonds. The van der Waals surface area contributed by atoms with Crippen molar-refractivity contribution in [3.63, 3.8) is 0 Å². The Morgan fingerprint density at radius 2 is 1.78 bits per heavy atom. The zero-order valence-corrected chi connectivity index (χ0v) is 16.8. The average molecular weight is 369 g/mol. The maximum atomic E-state index is 5.79. The van der Waals surface area contributed by atoms with Crippen molar-refractivity contribution in [2.45, 2.75) is 46.2 Å². The van der Waals surface area contributed by atoms with E-state index in [1.54, 1.807) is 0 Å². The lowest BCUT2D eigenvalue weighted by Crippen LogP contribution is -2.42. The molecule has 1 fully saturated rings. The molecule has 27 heavy (non-hydrogen) atoms. The second kappa shape index (κ2) is 9.04. The Morgan fingerprint density at radius 3 is 2.37 bits per heavy atom. The van der Waals surface area contributed by atoms with E-state index < -0.39 is 0 Å². The van der Waals surface area contributed by atoms with Gasteiger partial charge in [-0.2, -0.15) is 4.98 Å². The van der Waals surface area contributed by atoms with E-state index in [2.05, 4.69) is 63.2 Å². The lowest BCUT2D eigenvalue weighted by atomic mass is 10.0. The molecule has 1 aliphatic rings. The third kappa shape index (κ3) is 5.10. The molecule has 0 aliphatic carbocycles. The molecule has 6 heteroatoms. The lowest BCUT2D eigenvalue weighted by molar-refractivity contribution is 0.412. The summed E-state index contributed by atoms with van der Waals surface area (Å²) in [6.45, 7) is 11.4. The Kier molecular flexibility index (Phi) is 6.50. The van der Waals surface area contributed by atoms with Crippen molar-refractivity contribution in [1.82, 2.24) is 15.3 Å². The van der Waals surface area contributed by atoms with Crippen molar-refractivity contribution < 1.29 is 0 Å². The highest BCUT2D eigenvalue weighted by molar-refractivity contribution is 5.47. The van der Waals surface area contributed by atoms with Crippen molar-refractivity contribution >= 4 is 17.5 Å². The Bertz CT molecular complexity index is 698. The molecule has 0 spiro atoms. The number of nitrogens with one attached hydrogen (secondary N) is 1. The van der Waals surface area contributed by atoms with Crippen molar-refractivity contribution in [3.8, 4) is 0 Å². The largest absolute Gasteiger partial charge is 0.372 e. The molecule has 0 radical (unpaired) electrons. The molecule has 1 aromatic heterocycles. The number of hydrogen-bond donors (Lipinski definition) is 2. The fourth-order valence-electron chi connectivity index (χ4n) is 3.72. The summed E-state index contributed by atoms with van der Waals surface area (Å²) in [6.07, 6.45) is 2.22. The van der Waals surface area contributed by atoms with Crippen molar-refractivity contribution in [2.75, 3.05) is 41.7 Å². The average Bonchev–Trinajstić information content (AvgIpc) is 2.68. The molecule has 3 rings (SSSR count). The van der Waals surface area contributed by atoms with Crippen LogP contribution in [0.15, 0.2) is 30.3 Å². The molecule has 2 heterocycles. The van der Waals surface area contributed by atoms with Gasteiger partial charge in [0.05, 0.1) is 0 Å². The predicted molar refractivity (Wildman–Crippen MR) is 113 cm³/mol. The molecular weight excluding hydrogens is 336 g/mol. The number of nitrogens with zero attached hydrogens (tertiary/aromatic N) is 4. The smallest absolute Gasteiger partial charge is 0.222 e. The first-order valence-electron chi connectivity index (χ1n) is 10.0. The van der Waals surface area contributed by atoms with Crippen molar-refractivity contribution in [1.29, 1.82) is 0 Å². The SMILES string of the molecule is CCN(CC)c1ccc(CNC2CCN(c3cc(C)nc(N)n3)CC2)cc1. The van der Waals surface area contributed by atoms with Gasteiger partial charge in [-0.3, -0.25) is 0 Å². The van der Waals surface area contributed by atoms with E-state index in [1.165, 1.54) is 11.3 Å². The number of nitrogen functional groups attached to an aromatic ring is 1. The molecular formula is C21H32N6. The highest BCUT2D eigenvalue weighted by Crippen LogP contribution is 2.20. The molecule has 1 saturated heterocycles. The van der Waals surface area contributed by atoms with Crippen molar-refractivity contribution in [3.05, 3.63) is 41.6 Å². The molecule has 0 atom stereocenters. The Hall–Kier alpha value is -2.34. The lowest BCUT2D eigenvalue weighted by Gasteiger charge is -2.33. The maximum Gasteiger partial charge on any atom is 0.222 e. The van der Waals surface area contributed by atoms with Crippen LogP contribution < -0.4 is 20.9 Å². The molecule has 1 aromatic carbocycles. The Labute approximate surface area is 162 Å². The van der Waals surface area contributed by atoms with Crippen LogP contribution in [0.1, 0.15) is 37.9 Å². The molecule has 1 aliphatic heterocycles. The monoisotopic (exact) mass is 368 g/mol. The quantitative estimate of drug-likeness (QED) is 0.783. The van der Waals surface area contributed by atoms with Crippen LogP contribution in [0, 0.1) is 6.92 Å². The van der Waals surface area contributed by atoms with Gasteiger partial charge in [0, 0.05) is 56.2 Å². The Morgan fingerprint density at radius 1 is 1.11 bits per heavy atom. The standard InChI is InChI=1S/C21H32N6/c1-4-26(5-2)19-8-6-17(7-9-19)15-23-18-10-12-27(13-11-18)20-14-16(3)24-21(22)25-20/h6-9,14,18,23H,4-5,10-13,15H2,1-3H3,(H2,22,24,25). The first kappa shape index (κ1) is 19.4. The first-order valence-corrected chi connectivity index (χ1v) is 10.0. The van der Waals surface area contributed by atoms with Gasteiger partial charge in [-0.1, -0.05) is 12.1 Å². The van der Waals surface area contributed by atoms with Crippen LogP contribution in [0.4, 0.5) is 17.5 Å². The van der Waals surface area contributed by atoms with Gasteiger partial charge in [0.2, 0.25) is 5.95 Å². The highest BCUT2D eigenvalue weighted by atomic mass is 15.2. The minimum absolute atomic E-state index is 0.360. The topological polar surface area (TPSA) is 70.3 Å². The zero-order chi connectivity index (χ0) is 19.2. The van der Waals surface area contributed by atoms with Crippen LogP contribution in [0.3, 0.4) is 0 Å². The van der Waals surface area contributed by atoms with E-state index in [9.17, 15) is 0 Å². The maximum absolute atomic E-state index is 5.79. The summed E-state index contributed by atoms with van der Waals surface area (Å²) in [4.78, 5) is 13.2. The molecule has 146 valence electrons. The van der Waals surface area contributed by atoms with Gasteiger partial charge in [0.15, 0.2) is 0 Å². The molecule has 0 unspecified atom stereocenters. The van der Waals surface area contributed by atoms with Crippen LogP contribution in [-0.2, 0) is 6.54 Å². The minimum Gasteiger partial charge on any atom is -0.372 e. The Balaban J connectivity index is 1.48. The number of nitrogens with two attached hydrogens (primary N) is 1. The van der Waals surface area contributed by atoms with Gasteiger partial charge in [-0.05, 0) is 51.3 Å².